The lowest BCUT2D eigenvalue weighted by Crippen LogP contribution is -2.15. The van der Waals surface area contributed by atoms with Crippen LogP contribution in [0.1, 0.15) is 26.3 Å². The van der Waals surface area contributed by atoms with Gasteiger partial charge >= 0.3 is 5.97 Å². The third-order valence-corrected chi connectivity index (χ3v) is 4.92. The lowest BCUT2D eigenvalue weighted by atomic mass is 9.92. The monoisotopic (exact) mass is 506 g/mol. The summed E-state index contributed by atoms with van der Waals surface area (Å²) in [7, 11) is -3.67. The van der Waals surface area contributed by atoms with Gasteiger partial charge in [0.2, 0.25) is 0 Å². The SMILES string of the molecule is CS(=O)(=O)O.N=C(N)c1ccc(NC(=O)c2cc3ccncc3cc2-c2ccccc2C(=O)O)cc1. The van der Waals surface area contributed by atoms with Crippen LogP contribution in [0.5, 0.6) is 0 Å². The highest BCUT2D eigenvalue weighted by Crippen LogP contribution is 2.31. The molecule has 6 N–H and O–H groups in total. The number of nitrogens with one attached hydrogen (secondary N) is 2. The van der Waals surface area contributed by atoms with E-state index in [2.05, 4.69) is 10.3 Å². The number of carboxylic acid groups (broad SMARTS) is 1. The van der Waals surface area contributed by atoms with Crippen molar-refractivity contribution in [3.63, 3.8) is 0 Å². The Labute approximate surface area is 206 Å². The minimum atomic E-state index is -3.67. The summed E-state index contributed by atoms with van der Waals surface area (Å²) in [4.78, 5) is 29.1. The Balaban J connectivity index is 0.000000658. The molecule has 3 aromatic carbocycles. The number of hydrogen-bond donors (Lipinski definition) is 5. The lowest BCUT2D eigenvalue weighted by molar-refractivity contribution is 0.0697. The first-order chi connectivity index (χ1) is 16.9. The van der Waals surface area contributed by atoms with Gasteiger partial charge in [0, 0.05) is 34.6 Å². The molecule has 10 nitrogen and oxygen atoms in total. The van der Waals surface area contributed by atoms with E-state index in [-0.39, 0.29) is 17.3 Å². The first-order valence-corrected chi connectivity index (χ1v) is 12.2. The van der Waals surface area contributed by atoms with E-state index >= 15 is 0 Å². The number of nitrogen functional groups attached to an aromatic ring is 1. The molecule has 1 heterocycles. The third kappa shape index (κ3) is 6.72. The van der Waals surface area contributed by atoms with Gasteiger partial charge in [-0.25, -0.2) is 4.79 Å². The van der Waals surface area contributed by atoms with Crippen LogP contribution in [0.15, 0.2) is 79.1 Å². The number of hydrogen-bond acceptors (Lipinski definition) is 6. The maximum atomic E-state index is 13.2. The topological polar surface area (TPSA) is 184 Å². The number of fused-ring (bicyclic) bond motifs is 1. The molecule has 0 aliphatic carbocycles. The van der Waals surface area contributed by atoms with E-state index in [4.69, 9.17) is 15.7 Å². The van der Waals surface area contributed by atoms with E-state index in [0.717, 1.165) is 10.8 Å². The number of nitrogens with two attached hydrogens (primary N) is 1. The number of nitrogens with zero attached hydrogens (tertiary/aromatic N) is 1. The van der Waals surface area contributed by atoms with E-state index in [1.165, 1.54) is 6.07 Å². The lowest BCUT2D eigenvalue weighted by Gasteiger charge is -2.14. The largest absolute Gasteiger partial charge is 0.478 e. The maximum Gasteiger partial charge on any atom is 0.336 e. The molecule has 0 bridgehead atoms. The van der Waals surface area contributed by atoms with Gasteiger partial charge in [0.15, 0.2) is 0 Å². The summed E-state index contributed by atoms with van der Waals surface area (Å²) in [6, 6.07) is 18.5. The number of anilines is 1. The van der Waals surface area contributed by atoms with Crippen LogP contribution in [0.25, 0.3) is 21.9 Å². The van der Waals surface area contributed by atoms with E-state index < -0.39 is 16.1 Å². The predicted octanol–water partition coefficient (Wildman–Crippen LogP) is 3.64. The molecule has 0 atom stereocenters. The van der Waals surface area contributed by atoms with Gasteiger partial charge in [0.25, 0.3) is 16.0 Å². The van der Waals surface area contributed by atoms with Gasteiger partial charge < -0.3 is 16.2 Å². The highest BCUT2D eigenvalue weighted by molar-refractivity contribution is 7.85. The average molecular weight is 507 g/mol. The van der Waals surface area contributed by atoms with Crippen molar-refractivity contribution < 1.29 is 27.7 Å². The van der Waals surface area contributed by atoms with Gasteiger partial charge in [-0.3, -0.25) is 19.7 Å². The zero-order chi connectivity index (χ0) is 26.5. The number of amidine groups is 1. The van der Waals surface area contributed by atoms with Crippen molar-refractivity contribution in [2.24, 2.45) is 5.73 Å². The number of benzene rings is 3. The molecule has 1 amide bonds. The Bertz CT molecular complexity index is 1560. The molecule has 1 aromatic heterocycles. The maximum absolute atomic E-state index is 13.2. The molecule has 0 aliphatic heterocycles. The molecule has 184 valence electrons. The normalized spacial score (nSPS) is 10.7. The summed E-state index contributed by atoms with van der Waals surface area (Å²) in [5, 5.41) is 21.5. The van der Waals surface area contributed by atoms with Crippen LogP contribution >= 0.6 is 0 Å². The molecule has 0 aliphatic rings. The van der Waals surface area contributed by atoms with Crippen LogP contribution in [0, 0.1) is 5.41 Å². The van der Waals surface area contributed by atoms with Gasteiger partial charge in [-0.1, -0.05) is 18.2 Å². The zero-order valence-electron chi connectivity index (χ0n) is 19.0. The van der Waals surface area contributed by atoms with Crippen molar-refractivity contribution >= 4 is 44.3 Å². The minimum absolute atomic E-state index is 0.0615. The number of carboxylic acids is 1. The average Bonchev–Trinajstić information content (AvgIpc) is 2.82. The highest BCUT2D eigenvalue weighted by atomic mass is 32.2. The molecule has 0 fully saturated rings. The quantitative estimate of drug-likeness (QED) is 0.154. The molecule has 0 saturated heterocycles. The molecule has 4 aromatic rings. The summed E-state index contributed by atoms with van der Waals surface area (Å²) in [6.07, 6.45) is 4.02. The first kappa shape index (κ1) is 26.0. The van der Waals surface area contributed by atoms with Gasteiger partial charge in [-0.15, -0.1) is 0 Å². The molecule has 0 spiro atoms. The Morgan fingerprint density at radius 1 is 0.944 bits per heavy atom. The zero-order valence-corrected chi connectivity index (χ0v) is 19.8. The molecular formula is C25H22N4O6S. The summed E-state index contributed by atoms with van der Waals surface area (Å²) in [6.45, 7) is 0. The number of amides is 1. The van der Waals surface area contributed by atoms with E-state index in [0.29, 0.717) is 34.2 Å². The van der Waals surface area contributed by atoms with E-state index in [1.54, 1.807) is 73.1 Å². The van der Waals surface area contributed by atoms with Crippen LogP contribution < -0.4 is 11.1 Å². The van der Waals surface area contributed by atoms with Gasteiger partial charge in [0.1, 0.15) is 5.84 Å². The first-order valence-electron chi connectivity index (χ1n) is 10.3. The van der Waals surface area contributed by atoms with Gasteiger partial charge in [-0.05, 0) is 65.0 Å². The van der Waals surface area contributed by atoms with Crippen LogP contribution in [0.2, 0.25) is 0 Å². The number of pyridine rings is 1. The number of carbonyl (C=O) groups is 2. The van der Waals surface area contributed by atoms with Crippen LogP contribution in [-0.2, 0) is 10.1 Å². The van der Waals surface area contributed by atoms with E-state index in [9.17, 15) is 23.1 Å². The number of carbonyl (C=O) groups excluding carboxylic acids is 1. The molecular weight excluding hydrogens is 484 g/mol. The summed E-state index contributed by atoms with van der Waals surface area (Å²) < 4.78 is 25.9. The standard InChI is InChI=1S/C24H18N4O3.CH4O3S/c25-22(26)14-5-7-17(8-6-14)28-23(29)21-11-15-9-10-27-13-16(15)12-20(21)18-3-1-2-4-19(18)24(30)31;1-5(2,3)4/h1-13H,(H3,25,26)(H,28,29)(H,30,31);1H3,(H,2,3,4). The second-order valence-corrected chi connectivity index (χ2v) is 9.12. The molecule has 11 heteroatoms. The van der Waals surface area contributed by atoms with E-state index in [1.807, 2.05) is 0 Å². The minimum Gasteiger partial charge on any atom is -0.478 e. The summed E-state index contributed by atoms with van der Waals surface area (Å²) >= 11 is 0. The fourth-order valence-electron chi connectivity index (χ4n) is 3.38. The Morgan fingerprint density at radius 3 is 2.19 bits per heavy atom. The van der Waals surface area contributed by atoms with Crippen molar-refractivity contribution in [3.8, 4) is 11.1 Å². The number of aromatic carboxylic acids is 1. The van der Waals surface area contributed by atoms with Crippen LogP contribution in [-0.4, -0.2) is 47.0 Å². The van der Waals surface area contributed by atoms with Crippen molar-refractivity contribution in [3.05, 3.63) is 95.8 Å². The van der Waals surface area contributed by atoms with Crippen LogP contribution in [0.3, 0.4) is 0 Å². The third-order valence-electron chi connectivity index (χ3n) is 4.92. The molecule has 0 saturated carbocycles. The molecule has 36 heavy (non-hydrogen) atoms. The van der Waals surface area contributed by atoms with Crippen molar-refractivity contribution in [1.82, 2.24) is 4.98 Å². The fraction of sp³-hybridized carbons (Fsp3) is 0.0400. The smallest absolute Gasteiger partial charge is 0.336 e. The van der Waals surface area contributed by atoms with Gasteiger partial charge in [0.05, 0.1) is 11.8 Å². The van der Waals surface area contributed by atoms with Gasteiger partial charge in [-0.2, -0.15) is 8.42 Å². The Morgan fingerprint density at radius 2 is 1.58 bits per heavy atom. The fourth-order valence-corrected chi connectivity index (χ4v) is 3.38. The second-order valence-electron chi connectivity index (χ2n) is 7.65. The highest BCUT2D eigenvalue weighted by Gasteiger charge is 2.19. The Kier molecular flexibility index (Phi) is 7.77. The predicted molar refractivity (Wildman–Crippen MR) is 137 cm³/mol. The number of aromatic nitrogens is 1. The second kappa shape index (κ2) is 10.8. The number of rotatable bonds is 5. The molecule has 0 unspecified atom stereocenters. The summed E-state index contributed by atoms with van der Waals surface area (Å²) in [5.74, 6) is -1.52. The summed E-state index contributed by atoms with van der Waals surface area (Å²) in [5.41, 5.74) is 7.93. The van der Waals surface area contributed by atoms with Crippen LogP contribution in [0.4, 0.5) is 5.69 Å². The molecule has 4 rings (SSSR count). The Hall–Kier alpha value is -4.61. The van der Waals surface area contributed by atoms with Crippen molar-refractivity contribution in [1.29, 1.82) is 5.41 Å². The molecule has 0 radical (unpaired) electrons. The van der Waals surface area contributed by atoms with Crippen molar-refractivity contribution in [2.75, 3.05) is 11.6 Å². The van der Waals surface area contributed by atoms with Crippen molar-refractivity contribution in [2.45, 2.75) is 0 Å².